The van der Waals surface area contributed by atoms with Gasteiger partial charge >= 0.3 is 0 Å². The third kappa shape index (κ3) is 4.77. The van der Waals surface area contributed by atoms with E-state index in [-0.39, 0.29) is 11.7 Å². The Morgan fingerprint density at radius 2 is 1.53 bits per heavy atom. The second-order valence-corrected chi connectivity index (χ2v) is 8.53. The Morgan fingerprint density at radius 3 is 2.13 bits per heavy atom. The average Bonchev–Trinajstić information content (AvgIpc) is 3.13. The molecule has 1 aromatic heterocycles. The number of benzene rings is 2. The molecule has 0 fully saturated rings. The Morgan fingerprint density at radius 1 is 0.933 bits per heavy atom. The lowest BCUT2D eigenvalue weighted by Gasteiger charge is -2.24. The molecule has 158 valence electrons. The third-order valence-corrected chi connectivity index (χ3v) is 6.58. The van der Waals surface area contributed by atoms with Gasteiger partial charge < -0.3 is 4.90 Å². The van der Waals surface area contributed by atoms with Gasteiger partial charge in [-0.3, -0.25) is 14.5 Å². The van der Waals surface area contributed by atoms with Gasteiger partial charge in [0.15, 0.2) is 10.9 Å². The molecule has 30 heavy (non-hydrogen) atoms. The van der Waals surface area contributed by atoms with Gasteiger partial charge in [-0.15, -0.1) is 0 Å². The van der Waals surface area contributed by atoms with Gasteiger partial charge in [-0.05, 0) is 69.3 Å². The summed E-state index contributed by atoms with van der Waals surface area (Å²) < 4.78 is 1.08. The molecule has 0 spiro atoms. The highest BCUT2D eigenvalue weighted by Gasteiger charge is 2.22. The van der Waals surface area contributed by atoms with Crippen molar-refractivity contribution in [1.29, 1.82) is 0 Å². The van der Waals surface area contributed by atoms with Crippen LogP contribution in [0.1, 0.15) is 52.6 Å². The average molecular weight is 424 g/mol. The third-order valence-electron chi connectivity index (χ3n) is 5.54. The minimum absolute atomic E-state index is 0.00991. The number of carbonyl (C=O) groups is 2. The van der Waals surface area contributed by atoms with Crippen LogP contribution in [0.25, 0.3) is 10.2 Å². The van der Waals surface area contributed by atoms with Crippen LogP contribution in [0.15, 0.2) is 36.4 Å². The summed E-state index contributed by atoms with van der Waals surface area (Å²) in [7, 11) is 0. The number of amides is 1. The number of carbonyl (C=O) groups excluding carboxylic acids is 2. The molecular formula is C24H29N3O2S. The predicted octanol–water partition coefficient (Wildman–Crippen LogP) is 5.10. The minimum atomic E-state index is -0.0928. The van der Waals surface area contributed by atoms with E-state index in [1.165, 1.54) is 18.1 Å². The van der Waals surface area contributed by atoms with Crippen molar-refractivity contribution in [3.8, 4) is 0 Å². The van der Waals surface area contributed by atoms with E-state index in [0.29, 0.717) is 22.8 Å². The Kier molecular flexibility index (Phi) is 7.00. The molecule has 1 amide bonds. The molecule has 3 rings (SSSR count). The van der Waals surface area contributed by atoms with Crippen LogP contribution in [0, 0.1) is 13.8 Å². The fourth-order valence-electron chi connectivity index (χ4n) is 3.35. The molecule has 0 aliphatic rings. The number of fused-ring (bicyclic) bond motifs is 1. The molecule has 1 heterocycles. The Labute approximate surface area is 182 Å². The number of hydrogen-bond acceptors (Lipinski definition) is 5. The van der Waals surface area contributed by atoms with Gasteiger partial charge in [0.2, 0.25) is 0 Å². The maximum absolute atomic E-state index is 13.4. The summed E-state index contributed by atoms with van der Waals surface area (Å²) in [5.74, 6) is -0.103. The zero-order valence-corrected chi connectivity index (χ0v) is 19.2. The van der Waals surface area contributed by atoms with Crippen LogP contribution in [0.4, 0.5) is 5.13 Å². The van der Waals surface area contributed by atoms with Crippen molar-refractivity contribution in [1.82, 2.24) is 9.88 Å². The zero-order valence-electron chi connectivity index (χ0n) is 18.4. The first-order chi connectivity index (χ1) is 14.3. The summed E-state index contributed by atoms with van der Waals surface area (Å²) in [6.07, 6.45) is 0. The molecule has 0 aliphatic heterocycles. The van der Waals surface area contributed by atoms with Crippen LogP contribution in [-0.4, -0.2) is 47.8 Å². The number of likely N-dealkylation sites (N-methyl/N-ethyl adjacent to an activating group) is 1. The first-order valence-electron chi connectivity index (χ1n) is 10.4. The number of ketones is 1. The molecule has 0 saturated carbocycles. The van der Waals surface area contributed by atoms with Crippen molar-refractivity contribution >= 4 is 38.4 Å². The molecule has 0 aliphatic carbocycles. The van der Waals surface area contributed by atoms with Gasteiger partial charge in [0.05, 0.1) is 10.2 Å². The monoisotopic (exact) mass is 423 g/mol. The van der Waals surface area contributed by atoms with Crippen molar-refractivity contribution in [2.24, 2.45) is 0 Å². The van der Waals surface area contributed by atoms with Crippen LogP contribution >= 0.6 is 11.3 Å². The molecule has 2 aromatic carbocycles. The van der Waals surface area contributed by atoms with E-state index in [9.17, 15) is 9.59 Å². The molecule has 0 radical (unpaired) electrons. The Bertz CT molecular complexity index is 1010. The van der Waals surface area contributed by atoms with E-state index in [2.05, 4.69) is 44.7 Å². The molecule has 5 nitrogen and oxygen atoms in total. The standard InChI is InChI=1S/C24H29N3O2S/c1-6-26(7-2)12-13-27(23(29)20-10-8-19(9-11-20)18(5)28)24-25-21-14-16(3)17(4)15-22(21)30-24/h8-11,14-15H,6-7,12-13H2,1-5H3. The number of thiazole rings is 1. The number of hydrogen-bond donors (Lipinski definition) is 0. The number of Topliss-reactive ketones (excluding diaryl/α,β-unsaturated/α-hetero) is 1. The Balaban J connectivity index is 1.97. The van der Waals surface area contributed by atoms with Crippen molar-refractivity contribution in [3.05, 3.63) is 58.7 Å². The van der Waals surface area contributed by atoms with Gasteiger partial charge in [0, 0.05) is 24.2 Å². The molecule has 0 bridgehead atoms. The summed E-state index contributed by atoms with van der Waals surface area (Å²) in [5.41, 5.74) is 4.50. The van der Waals surface area contributed by atoms with E-state index >= 15 is 0 Å². The normalized spacial score (nSPS) is 11.3. The highest BCUT2D eigenvalue weighted by molar-refractivity contribution is 7.22. The van der Waals surface area contributed by atoms with Crippen LogP contribution in [0.5, 0.6) is 0 Å². The SMILES string of the molecule is CCN(CC)CCN(C(=O)c1ccc(C(C)=O)cc1)c1nc2cc(C)c(C)cc2s1. The quantitative estimate of drug-likeness (QED) is 0.473. The summed E-state index contributed by atoms with van der Waals surface area (Å²) in [6, 6.07) is 11.1. The topological polar surface area (TPSA) is 53.5 Å². The van der Waals surface area contributed by atoms with Gasteiger partial charge in [-0.2, -0.15) is 0 Å². The maximum Gasteiger partial charge on any atom is 0.260 e. The molecule has 3 aromatic rings. The van der Waals surface area contributed by atoms with Gasteiger partial charge in [0.25, 0.3) is 5.91 Å². The van der Waals surface area contributed by atoms with E-state index in [1.807, 2.05) is 0 Å². The maximum atomic E-state index is 13.4. The lowest BCUT2D eigenvalue weighted by molar-refractivity contribution is 0.0980. The fraction of sp³-hybridized carbons (Fsp3) is 0.375. The van der Waals surface area contributed by atoms with E-state index < -0.39 is 0 Å². The van der Waals surface area contributed by atoms with E-state index in [4.69, 9.17) is 4.98 Å². The second kappa shape index (κ2) is 9.49. The minimum Gasteiger partial charge on any atom is -0.302 e. The summed E-state index contributed by atoms with van der Waals surface area (Å²) in [5, 5.41) is 0.711. The van der Waals surface area contributed by atoms with Crippen molar-refractivity contribution in [2.75, 3.05) is 31.1 Å². The second-order valence-electron chi connectivity index (χ2n) is 7.52. The van der Waals surface area contributed by atoms with Crippen molar-refractivity contribution in [2.45, 2.75) is 34.6 Å². The largest absolute Gasteiger partial charge is 0.302 e. The van der Waals surface area contributed by atoms with E-state index in [1.54, 1.807) is 40.5 Å². The van der Waals surface area contributed by atoms with Crippen LogP contribution in [0.2, 0.25) is 0 Å². The van der Waals surface area contributed by atoms with Crippen molar-refractivity contribution < 1.29 is 9.59 Å². The fourth-order valence-corrected chi connectivity index (χ4v) is 4.42. The number of aromatic nitrogens is 1. The smallest absolute Gasteiger partial charge is 0.260 e. The molecule has 0 atom stereocenters. The molecule has 6 heteroatoms. The van der Waals surface area contributed by atoms with Gasteiger partial charge in [0.1, 0.15) is 0 Å². The summed E-state index contributed by atoms with van der Waals surface area (Å²) in [4.78, 5) is 33.8. The number of anilines is 1. The number of nitrogens with zero attached hydrogens (tertiary/aromatic N) is 3. The first-order valence-corrected chi connectivity index (χ1v) is 11.2. The molecule has 0 N–H and O–H groups in total. The lowest BCUT2D eigenvalue weighted by Crippen LogP contribution is -2.38. The molecule has 0 unspecified atom stereocenters. The van der Waals surface area contributed by atoms with Crippen LogP contribution in [-0.2, 0) is 0 Å². The molecule has 0 saturated heterocycles. The van der Waals surface area contributed by atoms with Crippen molar-refractivity contribution in [3.63, 3.8) is 0 Å². The van der Waals surface area contributed by atoms with E-state index in [0.717, 1.165) is 29.9 Å². The zero-order chi connectivity index (χ0) is 21.8. The lowest BCUT2D eigenvalue weighted by atomic mass is 10.1. The highest BCUT2D eigenvalue weighted by atomic mass is 32.1. The number of rotatable bonds is 8. The Hall–Kier alpha value is -2.57. The number of aryl methyl sites for hydroxylation is 2. The predicted molar refractivity (Wildman–Crippen MR) is 125 cm³/mol. The van der Waals surface area contributed by atoms with Gasteiger partial charge in [-0.1, -0.05) is 37.3 Å². The molecular weight excluding hydrogens is 394 g/mol. The summed E-state index contributed by atoms with van der Waals surface area (Å²) in [6.45, 7) is 13.2. The first kappa shape index (κ1) is 22.1. The summed E-state index contributed by atoms with van der Waals surface area (Å²) >= 11 is 1.55. The highest BCUT2D eigenvalue weighted by Crippen LogP contribution is 2.31. The van der Waals surface area contributed by atoms with Gasteiger partial charge in [-0.25, -0.2) is 4.98 Å². The van der Waals surface area contributed by atoms with Crippen LogP contribution in [0.3, 0.4) is 0 Å². The van der Waals surface area contributed by atoms with Crippen LogP contribution < -0.4 is 4.90 Å².